The van der Waals surface area contributed by atoms with Crippen LogP contribution in [0.1, 0.15) is 23.2 Å². The van der Waals surface area contributed by atoms with E-state index in [0.29, 0.717) is 11.6 Å². The van der Waals surface area contributed by atoms with Gasteiger partial charge in [0.15, 0.2) is 5.78 Å². The van der Waals surface area contributed by atoms with Crippen molar-refractivity contribution >= 4 is 17.4 Å². The van der Waals surface area contributed by atoms with Crippen molar-refractivity contribution in [2.24, 2.45) is 5.41 Å². The zero-order chi connectivity index (χ0) is 11.8. The van der Waals surface area contributed by atoms with Gasteiger partial charge in [-0.1, -0.05) is 11.6 Å². The molecule has 0 unspecified atom stereocenters. The predicted molar refractivity (Wildman–Crippen MR) is 61.3 cm³/mol. The Bertz CT molecular complexity index is 429. The molecule has 0 atom stereocenters. The molecular weight excluding hydrogens is 229 g/mol. The van der Waals surface area contributed by atoms with Gasteiger partial charge in [0.1, 0.15) is 5.82 Å². The Morgan fingerprint density at radius 2 is 2.25 bits per heavy atom. The van der Waals surface area contributed by atoms with E-state index >= 15 is 0 Å². The molecule has 2 rings (SSSR count). The Hall–Kier alpha value is -0.930. The third-order valence-electron chi connectivity index (χ3n) is 3.02. The predicted octanol–water partition coefficient (Wildman–Crippen LogP) is 2.66. The molecule has 1 fully saturated rings. The van der Waals surface area contributed by atoms with E-state index in [1.807, 2.05) is 0 Å². The Balaban J connectivity index is 2.30. The van der Waals surface area contributed by atoms with Crippen molar-refractivity contribution in [2.45, 2.75) is 12.8 Å². The zero-order valence-electron chi connectivity index (χ0n) is 9.02. The second kappa shape index (κ2) is 4.15. The molecule has 1 aromatic carbocycles. The highest BCUT2D eigenvalue weighted by Gasteiger charge is 2.49. The van der Waals surface area contributed by atoms with Crippen LogP contribution in [0, 0.1) is 11.2 Å². The van der Waals surface area contributed by atoms with Crippen molar-refractivity contribution in [3.05, 3.63) is 34.6 Å². The Morgan fingerprint density at radius 1 is 1.56 bits per heavy atom. The van der Waals surface area contributed by atoms with Crippen molar-refractivity contribution < 1.29 is 9.18 Å². The number of Topliss-reactive ketones (excluding diaryl/α,β-unsaturated/α-hetero) is 1. The van der Waals surface area contributed by atoms with Gasteiger partial charge in [0.2, 0.25) is 0 Å². The van der Waals surface area contributed by atoms with Gasteiger partial charge < -0.3 is 5.32 Å². The zero-order valence-corrected chi connectivity index (χ0v) is 9.77. The average Bonchev–Trinajstić information content (AvgIpc) is 3.02. The molecule has 1 aliphatic rings. The van der Waals surface area contributed by atoms with Crippen LogP contribution in [0.25, 0.3) is 0 Å². The Morgan fingerprint density at radius 3 is 2.81 bits per heavy atom. The van der Waals surface area contributed by atoms with Crippen molar-refractivity contribution in [3.63, 3.8) is 0 Å². The van der Waals surface area contributed by atoms with Crippen LogP contribution in [0.3, 0.4) is 0 Å². The summed E-state index contributed by atoms with van der Waals surface area (Å²) in [6.07, 6.45) is 1.64. The SMILES string of the molecule is CNCC1(C(=O)c2cc(Cl)ccc2F)CC1. The number of halogens is 2. The van der Waals surface area contributed by atoms with Crippen LogP contribution in [0.2, 0.25) is 5.02 Å². The lowest BCUT2D eigenvalue weighted by Crippen LogP contribution is -2.28. The van der Waals surface area contributed by atoms with Crippen molar-refractivity contribution in [3.8, 4) is 0 Å². The van der Waals surface area contributed by atoms with E-state index in [1.165, 1.54) is 18.2 Å². The second-order valence-corrected chi connectivity index (χ2v) is 4.70. The molecule has 4 heteroatoms. The standard InChI is InChI=1S/C12H13ClFNO/c1-15-7-12(4-5-12)11(16)9-6-8(13)2-3-10(9)14/h2-3,6,15H,4-5,7H2,1H3. The number of nitrogens with one attached hydrogen (secondary N) is 1. The maximum absolute atomic E-state index is 13.5. The summed E-state index contributed by atoms with van der Waals surface area (Å²) in [6, 6.07) is 4.10. The topological polar surface area (TPSA) is 29.1 Å². The third-order valence-corrected chi connectivity index (χ3v) is 3.26. The summed E-state index contributed by atoms with van der Waals surface area (Å²) in [5.41, 5.74) is -0.291. The van der Waals surface area contributed by atoms with E-state index in [2.05, 4.69) is 5.32 Å². The Labute approximate surface area is 98.8 Å². The molecule has 0 bridgehead atoms. The molecule has 0 aliphatic heterocycles. The normalized spacial score (nSPS) is 17.2. The number of carbonyl (C=O) groups is 1. The maximum Gasteiger partial charge on any atom is 0.173 e. The lowest BCUT2D eigenvalue weighted by molar-refractivity contribution is 0.0896. The number of hydrogen-bond donors (Lipinski definition) is 1. The summed E-state index contributed by atoms with van der Waals surface area (Å²) in [5, 5.41) is 3.37. The fourth-order valence-corrected chi connectivity index (χ4v) is 2.10. The minimum atomic E-state index is -0.489. The molecule has 1 saturated carbocycles. The van der Waals surface area contributed by atoms with Gasteiger partial charge in [-0.05, 0) is 38.1 Å². The van der Waals surface area contributed by atoms with Crippen LogP contribution in [-0.2, 0) is 0 Å². The summed E-state index contributed by atoms with van der Waals surface area (Å²) < 4.78 is 13.5. The first-order chi connectivity index (χ1) is 7.59. The van der Waals surface area contributed by atoms with Crippen LogP contribution in [0.4, 0.5) is 4.39 Å². The molecule has 0 heterocycles. The molecule has 16 heavy (non-hydrogen) atoms. The molecule has 1 aliphatic carbocycles. The minimum absolute atomic E-state index is 0.111. The van der Waals surface area contributed by atoms with Crippen molar-refractivity contribution in [1.29, 1.82) is 0 Å². The van der Waals surface area contributed by atoms with Crippen LogP contribution in [-0.4, -0.2) is 19.4 Å². The number of hydrogen-bond acceptors (Lipinski definition) is 2. The molecule has 1 N–H and O–H groups in total. The average molecular weight is 242 g/mol. The lowest BCUT2D eigenvalue weighted by atomic mass is 9.94. The van der Waals surface area contributed by atoms with Gasteiger partial charge in [0.25, 0.3) is 0 Å². The monoisotopic (exact) mass is 241 g/mol. The first kappa shape index (κ1) is 11.6. The molecule has 0 amide bonds. The van der Waals surface area contributed by atoms with Gasteiger partial charge in [-0.15, -0.1) is 0 Å². The molecular formula is C12H13ClFNO. The summed E-state index contributed by atoms with van der Waals surface area (Å²) in [7, 11) is 1.79. The Kier molecular flexibility index (Phi) is 3.00. The molecule has 0 spiro atoms. The van der Waals surface area contributed by atoms with Gasteiger partial charge in [-0.2, -0.15) is 0 Å². The molecule has 2 nitrogen and oxygen atoms in total. The quantitative estimate of drug-likeness (QED) is 0.822. The van der Waals surface area contributed by atoms with E-state index < -0.39 is 11.2 Å². The van der Waals surface area contributed by atoms with Crippen molar-refractivity contribution in [1.82, 2.24) is 5.32 Å². The van der Waals surface area contributed by atoms with Crippen LogP contribution in [0.15, 0.2) is 18.2 Å². The molecule has 0 radical (unpaired) electrons. The number of benzene rings is 1. The molecule has 1 aromatic rings. The smallest absolute Gasteiger partial charge is 0.173 e. The van der Waals surface area contributed by atoms with Gasteiger partial charge in [-0.25, -0.2) is 4.39 Å². The summed E-state index contributed by atoms with van der Waals surface area (Å²) in [6.45, 7) is 0.595. The number of rotatable bonds is 4. The largest absolute Gasteiger partial charge is 0.319 e. The third kappa shape index (κ3) is 1.97. The van der Waals surface area contributed by atoms with E-state index in [4.69, 9.17) is 11.6 Å². The fourth-order valence-electron chi connectivity index (χ4n) is 1.93. The van der Waals surface area contributed by atoms with Gasteiger partial charge in [0.05, 0.1) is 5.56 Å². The fraction of sp³-hybridized carbons (Fsp3) is 0.417. The highest BCUT2D eigenvalue weighted by molar-refractivity contribution is 6.31. The van der Waals surface area contributed by atoms with Crippen molar-refractivity contribution in [2.75, 3.05) is 13.6 Å². The van der Waals surface area contributed by atoms with E-state index in [-0.39, 0.29) is 11.3 Å². The van der Waals surface area contributed by atoms with Gasteiger partial charge >= 0.3 is 0 Å². The molecule has 0 saturated heterocycles. The second-order valence-electron chi connectivity index (χ2n) is 4.26. The number of ketones is 1. The lowest BCUT2D eigenvalue weighted by Gasteiger charge is -2.13. The van der Waals surface area contributed by atoms with E-state index in [0.717, 1.165) is 12.8 Å². The van der Waals surface area contributed by atoms with Crippen LogP contribution in [0.5, 0.6) is 0 Å². The molecule has 86 valence electrons. The summed E-state index contributed by atoms with van der Waals surface area (Å²) >= 11 is 5.77. The van der Waals surface area contributed by atoms with Crippen LogP contribution >= 0.6 is 11.6 Å². The van der Waals surface area contributed by atoms with E-state index in [1.54, 1.807) is 7.05 Å². The molecule has 0 aromatic heterocycles. The maximum atomic E-state index is 13.5. The highest BCUT2D eigenvalue weighted by atomic mass is 35.5. The first-order valence-corrected chi connectivity index (χ1v) is 5.61. The summed E-state index contributed by atoms with van der Waals surface area (Å²) in [4.78, 5) is 12.2. The van der Waals surface area contributed by atoms with Gasteiger partial charge in [-0.3, -0.25) is 4.79 Å². The van der Waals surface area contributed by atoms with Crippen LogP contribution < -0.4 is 5.32 Å². The number of carbonyl (C=O) groups excluding carboxylic acids is 1. The highest BCUT2D eigenvalue weighted by Crippen LogP contribution is 2.48. The summed E-state index contributed by atoms with van der Waals surface area (Å²) in [5.74, 6) is -0.626. The first-order valence-electron chi connectivity index (χ1n) is 5.23. The van der Waals surface area contributed by atoms with Gasteiger partial charge in [0, 0.05) is 17.0 Å². The van der Waals surface area contributed by atoms with E-state index in [9.17, 15) is 9.18 Å². The minimum Gasteiger partial charge on any atom is -0.319 e.